The third-order valence-corrected chi connectivity index (χ3v) is 5.58. The van der Waals surface area contributed by atoms with Gasteiger partial charge in [0.15, 0.2) is 0 Å². The van der Waals surface area contributed by atoms with Crippen molar-refractivity contribution in [3.05, 3.63) is 64.7 Å². The lowest BCUT2D eigenvalue weighted by Gasteiger charge is -2.37. The van der Waals surface area contributed by atoms with Crippen LogP contribution in [-0.4, -0.2) is 14.0 Å². The highest BCUT2D eigenvalue weighted by Crippen LogP contribution is 2.39. The second-order valence-electron chi connectivity index (χ2n) is 6.66. The van der Waals surface area contributed by atoms with Gasteiger partial charge in [0, 0.05) is 17.0 Å². The number of sulfonamides is 1. The Balaban J connectivity index is 1.82. The van der Waals surface area contributed by atoms with E-state index in [1.807, 2.05) is 38.1 Å². The standard InChI is InChI=1S/C18H20ClNO3S/c1-18(2)11-16(15-5-3-4-6-17(15)23-18)20-24(21,22)12-13-7-9-14(19)10-8-13/h3-10,16,20H,11-12H2,1-2H3/t16-/m1/s1. The third-order valence-electron chi connectivity index (χ3n) is 3.97. The molecule has 0 fully saturated rings. The first-order valence-corrected chi connectivity index (χ1v) is 9.80. The molecule has 0 saturated heterocycles. The molecule has 0 saturated carbocycles. The number of para-hydroxylation sites is 1. The van der Waals surface area contributed by atoms with Gasteiger partial charge in [0.25, 0.3) is 0 Å². The minimum atomic E-state index is -3.49. The molecule has 0 radical (unpaired) electrons. The Bertz CT molecular complexity index is 832. The molecule has 0 spiro atoms. The van der Waals surface area contributed by atoms with Gasteiger partial charge in [-0.25, -0.2) is 13.1 Å². The van der Waals surface area contributed by atoms with Gasteiger partial charge in [-0.2, -0.15) is 0 Å². The van der Waals surface area contributed by atoms with E-state index >= 15 is 0 Å². The smallest absolute Gasteiger partial charge is 0.216 e. The van der Waals surface area contributed by atoms with Gasteiger partial charge in [-0.15, -0.1) is 0 Å². The van der Waals surface area contributed by atoms with Crippen LogP contribution in [0.15, 0.2) is 48.5 Å². The van der Waals surface area contributed by atoms with E-state index in [2.05, 4.69) is 4.72 Å². The normalized spacial score (nSPS) is 19.4. The average molecular weight is 366 g/mol. The van der Waals surface area contributed by atoms with Crippen LogP contribution in [0.1, 0.15) is 37.4 Å². The highest BCUT2D eigenvalue weighted by Gasteiger charge is 2.35. The zero-order chi connectivity index (χ0) is 17.4. The van der Waals surface area contributed by atoms with Gasteiger partial charge in [-0.1, -0.05) is 41.9 Å². The highest BCUT2D eigenvalue weighted by atomic mass is 35.5. The van der Waals surface area contributed by atoms with E-state index in [9.17, 15) is 8.42 Å². The van der Waals surface area contributed by atoms with Crippen LogP contribution in [0, 0.1) is 0 Å². The summed E-state index contributed by atoms with van der Waals surface area (Å²) in [5.74, 6) is 0.650. The zero-order valence-electron chi connectivity index (χ0n) is 13.6. The van der Waals surface area contributed by atoms with Gasteiger partial charge in [0.1, 0.15) is 11.4 Å². The fraction of sp³-hybridized carbons (Fsp3) is 0.333. The van der Waals surface area contributed by atoms with Crippen LogP contribution in [0.5, 0.6) is 5.75 Å². The van der Waals surface area contributed by atoms with Gasteiger partial charge >= 0.3 is 0 Å². The lowest BCUT2D eigenvalue weighted by molar-refractivity contribution is 0.0702. The zero-order valence-corrected chi connectivity index (χ0v) is 15.2. The van der Waals surface area contributed by atoms with Crippen molar-refractivity contribution in [2.75, 3.05) is 0 Å². The summed E-state index contributed by atoms with van der Waals surface area (Å²) in [7, 11) is -3.49. The van der Waals surface area contributed by atoms with Crippen LogP contribution >= 0.6 is 11.6 Å². The van der Waals surface area contributed by atoms with E-state index < -0.39 is 15.6 Å². The minimum Gasteiger partial charge on any atom is -0.487 e. The van der Waals surface area contributed by atoms with Crippen molar-refractivity contribution in [1.29, 1.82) is 0 Å². The fourth-order valence-electron chi connectivity index (χ4n) is 2.97. The molecular formula is C18H20ClNO3S. The predicted molar refractivity (Wildman–Crippen MR) is 95.7 cm³/mol. The van der Waals surface area contributed by atoms with E-state index in [0.717, 1.165) is 11.3 Å². The lowest BCUT2D eigenvalue weighted by Crippen LogP contribution is -2.41. The number of nitrogens with one attached hydrogen (secondary N) is 1. The second-order valence-corrected chi connectivity index (χ2v) is 8.85. The first kappa shape index (κ1) is 17.3. The number of fused-ring (bicyclic) bond motifs is 1. The molecule has 128 valence electrons. The van der Waals surface area contributed by atoms with Crippen molar-refractivity contribution >= 4 is 21.6 Å². The van der Waals surface area contributed by atoms with Crippen LogP contribution in [0.4, 0.5) is 0 Å². The van der Waals surface area contributed by atoms with Crippen molar-refractivity contribution in [3.8, 4) is 5.75 Å². The molecule has 6 heteroatoms. The number of benzene rings is 2. The maximum absolute atomic E-state index is 12.6. The quantitative estimate of drug-likeness (QED) is 0.888. The van der Waals surface area contributed by atoms with Crippen LogP contribution in [0.3, 0.4) is 0 Å². The molecule has 1 heterocycles. The summed E-state index contributed by atoms with van der Waals surface area (Å²) in [6, 6.07) is 14.1. The molecule has 1 atom stereocenters. The molecule has 4 nitrogen and oxygen atoms in total. The van der Waals surface area contributed by atoms with Gasteiger partial charge in [0.05, 0.1) is 11.8 Å². The van der Waals surface area contributed by atoms with Crippen LogP contribution in [0.25, 0.3) is 0 Å². The van der Waals surface area contributed by atoms with Crippen molar-refractivity contribution in [2.24, 2.45) is 0 Å². The van der Waals surface area contributed by atoms with Crippen molar-refractivity contribution in [2.45, 2.75) is 37.7 Å². The average Bonchev–Trinajstić information content (AvgIpc) is 2.48. The van der Waals surface area contributed by atoms with E-state index in [1.54, 1.807) is 24.3 Å². The first-order valence-electron chi connectivity index (χ1n) is 7.76. The Morgan fingerprint density at radius 1 is 1.17 bits per heavy atom. The molecule has 0 aliphatic carbocycles. The Kier molecular flexibility index (Phi) is 4.60. The summed E-state index contributed by atoms with van der Waals surface area (Å²) >= 11 is 5.85. The summed E-state index contributed by atoms with van der Waals surface area (Å²) in [5.41, 5.74) is 1.14. The third kappa shape index (κ3) is 4.09. The number of halogens is 1. The van der Waals surface area contributed by atoms with Crippen LogP contribution in [0.2, 0.25) is 5.02 Å². The van der Waals surface area contributed by atoms with E-state index in [-0.39, 0.29) is 11.8 Å². The number of rotatable bonds is 4. The highest BCUT2D eigenvalue weighted by molar-refractivity contribution is 7.88. The van der Waals surface area contributed by atoms with Crippen LogP contribution in [-0.2, 0) is 15.8 Å². The topological polar surface area (TPSA) is 55.4 Å². The van der Waals surface area contributed by atoms with E-state index in [0.29, 0.717) is 17.0 Å². The number of hydrogen-bond donors (Lipinski definition) is 1. The van der Waals surface area contributed by atoms with Crippen molar-refractivity contribution in [3.63, 3.8) is 0 Å². The summed E-state index contributed by atoms with van der Waals surface area (Å²) < 4.78 is 34.0. The summed E-state index contributed by atoms with van der Waals surface area (Å²) in [6.45, 7) is 3.92. The van der Waals surface area contributed by atoms with Gasteiger partial charge in [-0.05, 0) is 37.6 Å². The molecule has 1 aliphatic rings. The van der Waals surface area contributed by atoms with E-state index in [4.69, 9.17) is 16.3 Å². The maximum atomic E-state index is 12.6. The second kappa shape index (κ2) is 6.39. The lowest BCUT2D eigenvalue weighted by atomic mass is 9.90. The Labute approximate surface area is 147 Å². The van der Waals surface area contributed by atoms with Crippen molar-refractivity contribution < 1.29 is 13.2 Å². The Morgan fingerprint density at radius 2 is 1.83 bits per heavy atom. The summed E-state index contributed by atoms with van der Waals surface area (Å²) in [5, 5.41) is 0.587. The van der Waals surface area contributed by atoms with Crippen molar-refractivity contribution in [1.82, 2.24) is 4.72 Å². The molecule has 0 unspecified atom stereocenters. The first-order chi connectivity index (χ1) is 11.2. The SMILES string of the molecule is CC1(C)C[C@@H](NS(=O)(=O)Cc2ccc(Cl)cc2)c2ccccc2O1. The Hall–Kier alpha value is -1.56. The molecule has 0 amide bonds. The summed E-state index contributed by atoms with van der Waals surface area (Å²) in [6.07, 6.45) is 0.573. The molecule has 1 N–H and O–H groups in total. The molecule has 24 heavy (non-hydrogen) atoms. The molecule has 0 aromatic heterocycles. The summed E-state index contributed by atoms with van der Waals surface area (Å²) in [4.78, 5) is 0. The molecule has 3 rings (SSSR count). The Morgan fingerprint density at radius 3 is 2.54 bits per heavy atom. The van der Waals surface area contributed by atoms with Crippen LogP contribution < -0.4 is 9.46 Å². The van der Waals surface area contributed by atoms with Gasteiger partial charge in [0.2, 0.25) is 10.0 Å². The number of ether oxygens (including phenoxy) is 1. The number of hydrogen-bond acceptors (Lipinski definition) is 3. The largest absolute Gasteiger partial charge is 0.487 e. The minimum absolute atomic E-state index is 0.0792. The fourth-order valence-corrected chi connectivity index (χ4v) is 4.45. The monoisotopic (exact) mass is 365 g/mol. The molecule has 0 bridgehead atoms. The maximum Gasteiger partial charge on any atom is 0.216 e. The predicted octanol–water partition coefficient (Wildman–Crippen LogP) is 4.06. The van der Waals surface area contributed by atoms with Gasteiger partial charge < -0.3 is 4.74 Å². The van der Waals surface area contributed by atoms with E-state index in [1.165, 1.54) is 0 Å². The molecule has 2 aromatic carbocycles. The van der Waals surface area contributed by atoms with Gasteiger partial charge in [-0.3, -0.25) is 0 Å². The molecule has 1 aliphatic heterocycles. The molecule has 2 aromatic rings. The molecular weight excluding hydrogens is 346 g/mol.